The second kappa shape index (κ2) is 11.7. The molecule has 0 aliphatic rings. The molecule has 0 fully saturated rings. The number of methoxy groups -OCH3 is 1. The van der Waals surface area contributed by atoms with Gasteiger partial charge in [0, 0.05) is 31.1 Å². The van der Waals surface area contributed by atoms with E-state index in [0.717, 1.165) is 22.4 Å². The van der Waals surface area contributed by atoms with Crippen LogP contribution >= 0.6 is 0 Å². The van der Waals surface area contributed by atoms with Crippen LogP contribution in [0.3, 0.4) is 0 Å². The number of hydrogen-bond acceptors (Lipinski definition) is 6. The van der Waals surface area contributed by atoms with E-state index < -0.39 is 5.63 Å². The zero-order chi connectivity index (χ0) is 24.5. The first kappa shape index (κ1) is 23.9. The molecule has 4 aromatic rings. The van der Waals surface area contributed by atoms with Gasteiger partial charge in [0.25, 0.3) is 5.91 Å². The van der Waals surface area contributed by atoms with Crippen LogP contribution in [0.4, 0.5) is 5.69 Å². The number of para-hydroxylation sites is 1. The Morgan fingerprint density at radius 3 is 2.43 bits per heavy atom. The lowest BCUT2D eigenvalue weighted by atomic mass is 10.2. The van der Waals surface area contributed by atoms with Crippen LogP contribution in [-0.2, 0) is 11.3 Å². The van der Waals surface area contributed by atoms with E-state index in [1.165, 1.54) is 6.07 Å². The number of fused-ring (bicyclic) bond motifs is 1. The molecule has 7 nitrogen and oxygen atoms in total. The van der Waals surface area contributed by atoms with Crippen LogP contribution in [0.5, 0.6) is 11.5 Å². The first-order valence-electron chi connectivity index (χ1n) is 11.5. The molecule has 35 heavy (non-hydrogen) atoms. The van der Waals surface area contributed by atoms with Crippen molar-refractivity contribution in [2.75, 3.05) is 32.1 Å². The Morgan fingerprint density at radius 2 is 1.66 bits per heavy atom. The number of anilines is 1. The third-order valence-corrected chi connectivity index (χ3v) is 5.56. The van der Waals surface area contributed by atoms with Gasteiger partial charge in [-0.3, -0.25) is 4.79 Å². The van der Waals surface area contributed by atoms with Crippen molar-refractivity contribution < 1.29 is 18.7 Å². The second-order valence-corrected chi connectivity index (χ2v) is 8.02. The first-order chi connectivity index (χ1) is 17.1. The van der Waals surface area contributed by atoms with Crippen molar-refractivity contribution in [2.45, 2.75) is 13.0 Å². The van der Waals surface area contributed by atoms with Crippen LogP contribution in [0, 0.1) is 0 Å². The second-order valence-electron chi connectivity index (χ2n) is 8.02. The number of rotatable bonds is 11. The summed E-state index contributed by atoms with van der Waals surface area (Å²) in [7, 11) is 1.60. The molecule has 0 saturated heterocycles. The van der Waals surface area contributed by atoms with Crippen LogP contribution in [0.1, 0.15) is 12.0 Å². The van der Waals surface area contributed by atoms with Crippen molar-refractivity contribution >= 4 is 22.6 Å². The number of benzene rings is 3. The molecule has 0 radical (unpaired) electrons. The van der Waals surface area contributed by atoms with Crippen LogP contribution in [-0.4, -0.2) is 37.6 Å². The van der Waals surface area contributed by atoms with Gasteiger partial charge in [0.15, 0.2) is 6.61 Å². The van der Waals surface area contributed by atoms with Crippen molar-refractivity contribution in [1.29, 1.82) is 0 Å². The molecule has 0 aliphatic carbocycles. The molecule has 0 bridgehead atoms. The Morgan fingerprint density at radius 1 is 0.943 bits per heavy atom. The average Bonchev–Trinajstić information content (AvgIpc) is 2.89. The van der Waals surface area contributed by atoms with Crippen LogP contribution in [0.15, 0.2) is 94.1 Å². The number of carbonyl (C=O) groups excluding carboxylic acids is 1. The zero-order valence-corrected chi connectivity index (χ0v) is 19.6. The van der Waals surface area contributed by atoms with E-state index in [1.807, 2.05) is 48.5 Å². The third-order valence-electron chi connectivity index (χ3n) is 5.56. The Labute approximate surface area is 203 Å². The zero-order valence-electron chi connectivity index (χ0n) is 19.6. The van der Waals surface area contributed by atoms with Gasteiger partial charge in [-0.05, 0) is 48.4 Å². The minimum Gasteiger partial charge on any atom is -0.497 e. The monoisotopic (exact) mass is 472 g/mol. The largest absolute Gasteiger partial charge is 0.497 e. The summed E-state index contributed by atoms with van der Waals surface area (Å²) < 4.78 is 16.1. The minimum atomic E-state index is -0.400. The fourth-order valence-corrected chi connectivity index (χ4v) is 3.75. The first-order valence-corrected chi connectivity index (χ1v) is 11.5. The predicted octanol–water partition coefficient (Wildman–Crippen LogP) is 4.71. The molecule has 3 aromatic carbocycles. The van der Waals surface area contributed by atoms with Crippen LogP contribution < -0.4 is 20.4 Å². The SMILES string of the molecule is COc1ccc(OCC(=O)N(CCCNc2cc(=O)oc3ccccc23)Cc2ccccc2)cc1. The average molecular weight is 473 g/mol. The fourth-order valence-electron chi connectivity index (χ4n) is 3.75. The van der Waals surface area contributed by atoms with E-state index in [9.17, 15) is 9.59 Å². The number of carbonyl (C=O) groups is 1. The number of ether oxygens (including phenoxy) is 2. The van der Waals surface area contributed by atoms with Gasteiger partial charge in [-0.25, -0.2) is 4.79 Å². The van der Waals surface area contributed by atoms with Gasteiger partial charge in [-0.15, -0.1) is 0 Å². The summed E-state index contributed by atoms with van der Waals surface area (Å²) in [6.07, 6.45) is 0.690. The maximum atomic E-state index is 13.0. The molecule has 0 spiro atoms. The molecule has 1 aromatic heterocycles. The van der Waals surface area contributed by atoms with Gasteiger partial charge in [0.05, 0.1) is 12.8 Å². The number of amides is 1. The molecule has 1 heterocycles. The fraction of sp³-hybridized carbons (Fsp3) is 0.214. The lowest BCUT2D eigenvalue weighted by Gasteiger charge is -2.23. The molecule has 0 saturated carbocycles. The van der Waals surface area contributed by atoms with Crippen molar-refractivity contribution in [2.24, 2.45) is 0 Å². The van der Waals surface area contributed by atoms with Crippen molar-refractivity contribution in [3.05, 3.63) is 101 Å². The summed E-state index contributed by atoms with van der Waals surface area (Å²) in [5.41, 5.74) is 1.91. The standard InChI is InChI=1S/C28H28N2O5/c1-33-22-12-14-23(15-13-22)34-20-27(31)30(19-21-8-3-2-4-9-21)17-7-16-29-25-18-28(32)35-26-11-6-5-10-24(25)26/h2-6,8-15,18,29H,7,16-17,19-20H2,1H3. The molecule has 4 rings (SSSR count). The summed E-state index contributed by atoms with van der Waals surface area (Å²) in [5.74, 6) is 1.23. The van der Waals surface area contributed by atoms with Crippen molar-refractivity contribution in [3.8, 4) is 11.5 Å². The smallest absolute Gasteiger partial charge is 0.338 e. The van der Waals surface area contributed by atoms with Gasteiger partial charge in [0.2, 0.25) is 0 Å². The van der Waals surface area contributed by atoms with Gasteiger partial charge >= 0.3 is 5.63 Å². The summed E-state index contributed by atoms with van der Waals surface area (Å²) in [4.78, 5) is 26.7. The number of nitrogens with one attached hydrogen (secondary N) is 1. The van der Waals surface area contributed by atoms with Crippen LogP contribution in [0.25, 0.3) is 11.0 Å². The van der Waals surface area contributed by atoms with Crippen molar-refractivity contribution in [1.82, 2.24) is 4.90 Å². The van der Waals surface area contributed by atoms with E-state index in [4.69, 9.17) is 13.9 Å². The summed E-state index contributed by atoms with van der Waals surface area (Å²) >= 11 is 0. The summed E-state index contributed by atoms with van der Waals surface area (Å²) in [5, 5.41) is 4.16. The van der Waals surface area contributed by atoms with Gasteiger partial charge in [-0.1, -0.05) is 42.5 Å². The summed E-state index contributed by atoms with van der Waals surface area (Å²) in [6.45, 7) is 1.55. The van der Waals surface area contributed by atoms with Gasteiger partial charge in [-0.2, -0.15) is 0 Å². The molecular formula is C28H28N2O5. The molecule has 0 unspecified atom stereocenters. The third kappa shape index (κ3) is 6.63. The highest BCUT2D eigenvalue weighted by Crippen LogP contribution is 2.21. The Kier molecular flexibility index (Phi) is 8.01. The number of nitrogens with zero attached hydrogens (tertiary/aromatic N) is 1. The maximum absolute atomic E-state index is 13.0. The Balaban J connectivity index is 1.37. The highest BCUT2D eigenvalue weighted by atomic mass is 16.5. The van der Waals surface area contributed by atoms with Crippen molar-refractivity contribution in [3.63, 3.8) is 0 Å². The molecule has 1 N–H and O–H groups in total. The lowest BCUT2D eigenvalue weighted by molar-refractivity contribution is -0.134. The highest BCUT2D eigenvalue weighted by Gasteiger charge is 2.15. The van der Waals surface area contributed by atoms with Gasteiger partial charge < -0.3 is 24.1 Å². The normalized spacial score (nSPS) is 10.7. The lowest BCUT2D eigenvalue weighted by Crippen LogP contribution is -2.36. The molecule has 180 valence electrons. The Bertz CT molecular complexity index is 1300. The van der Waals surface area contributed by atoms with E-state index in [-0.39, 0.29) is 12.5 Å². The van der Waals surface area contributed by atoms with E-state index in [2.05, 4.69) is 5.32 Å². The quantitative estimate of drug-likeness (QED) is 0.252. The van der Waals surface area contributed by atoms with E-state index in [1.54, 1.807) is 42.3 Å². The highest BCUT2D eigenvalue weighted by molar-refractivity contribution is 5.89. The van der Waals surface area contributed by atoms with Crippen LogP contribution in [0.2, 0.25) is 0 Å². The summed E-state index contributed by atoms with van der Waals surface area (Å²) in [6, 6.07) is 25.9. The van der Waals surface area contributed by atoms with Gasteiger partial charge in [0.1, 0.15) is 17.1 Å². The molecule has 7 heteroatoms. The topological polar surface area (TPSA) is 81.0 Å². The molecule has 0 aliphatic heterocycles. The molecular weight excluding hydrogens is 444 g/mol. The number of hydrogen-bond donors (Lipinski definition) is 1. The van der Waals surface area contributed by atoms with E-state index in [0.29, 0.717) is 37.4 Å². The predicted molar refractivity (Wildman–Crippen MR) is 136 cm³/mol. The van der Waals surface area contributed by atoms with E-state index >= 15 is 0 Å². The molecule has 1 amide bonds. The Hall–Kier alpha value is -4.26. The minimum absolute atomic E-state index is 0.0586. The maximum Gasteiger partial charge on any atom is 0.338 e. The molecule has 0 atom stereocenters.